The molecule has 7 atom stereocenters. The van der Waals surface area contributed by atoms with E-state index in [1.54, 1.807) is 0 Å². The van der Waals surface area contributed by atoms with Gasteiger partial charge in [-0.1, -0.05) is 26.7 Å². The summed E-state index contributed by atoms with van der Waals surface area (Å²) in [5, 5.41) is 0. The van der Waals surface area contributed by atoms with E-state index in [1.165, 1.54) is 51.4 Å². The Bertz CT molecular complexity index is 414. The third-order valence-corrected chi connectivity index (χ3v) is 8.16. The van der Waals surface area contributed by atoms with E-state index in [9.17, 15) is 4.79 Å². The van der Waals surface area contributed by atoms with Crippen LogP contribution in [-0.2, 0) is 4.79 Å². The minimum Gasteiger partial charge on any atom is -0.299 e. The molecule has 0 N–H and O–H groups in total. The highest BCUT2D eigenvalue weighted by Crippen LogP contribution is 2.63. The molecular weight excluding hydrogens is 244 g/mol. The second-order valence-electron chi connectivity index (χ2n) is 8.66. The van der Waals surface area contributed by atoms with Crippen LogP contribution in [-0.4, -0.2) is 5.78 Å². The molecule has 4 rings (SSSR count). The Kier molecular flexibility index (Phi) is 3.06. The molecule has 4 aliphatic carbocycles. The van der Waals surface area contributed by atoms with Gasteiger partial charge < -0.3 is 0 Å². The molecule has 4 fully saturated rings. The van der Waals surface area contributed by atoms with Crippen LogP contribution < -0.4 is 0 Å². The molecule has 0 heterocycles. The lowest BCUT2D eigenvalue weighted by atomic mass is 9.47. The minimum atomic E-state index is 0.373. The van der Waals surface area contributed by atoms with Crippen molar-refractivity contribution in [2.45, 2.75) is 71.6 Å². The van der Waals surface area contributed by atoms with Gasteiger partial charge in [-0.05, 0) is 73.5 Å². The predicted molar refractivity (Wildman–Crippen MR) is 81.3 cm³/mol. The van der Waals surface area contributed by atoms with Gasteiger partial charge in [0.05, 0.1) is 0 Å². The van der Waals surface area contributed by atoms with Crippen LogP contribution in [0.5, 0.6) is 0 Å². The summed E-state index contributed by atoms with van der Waals surface area (Å²) in [5.74, 6) is 5.30. The van der Waals surface area contributed by atoms with Crippen LogP contribution in [0.1, 0.15) is 71.6 Å². The maximum Gasteiger partial charge on any atom is 0.136 e. The summed E-state index contributed by atoms with van der Waals surface area (Å²) in [7, 11) is 0. The molecule has 0 aromatic carbocycles. The monoisotopic (exact) mass is 274 g/mol. The molecule has 4 aliphatic rings. The SMILES string of the molecule is C[C@@H]1C(=O)C[C@@H]2[C@H]1CC[C@H]1[C@H]2CC[C@@H]2CCCC[C@@]21C. The molecule has 0 unspecified atom stereocenters. The quantitative estimate of drug-likeness (QED) is 0.617. The van der Waals surface area contributed by atoms with E-state index in [-0.39, 0.29) is 0 Å². The van der Waals surface area contributed by atoms with Crippen molar-refractivity contribution in [2.24, 2.45) is 40.9 Å². The average molecular weight is 274 g/mol. The standard InChI is InChI=1S/C19H30O/c1-12-14-8-9-17-15(16(14)11-18(12)20)7-6-13-5-3-4-10-19(13,17)2/h12-17H,3-11H2,1-2H3/t12-,13-,14-,15-,16+,17-,19-/m0/s1. The molecule has 1 heteroatoms. The van der Waals surface area contributed by atoms with Gasteiger partial charge in [0.2, 0.25) is 0 Å². The summed E-state index contributed by atoms with van der Waals surface area (Å²) in [6.45, 7) is 4.83. The van der Waals surface area contributed by atoms with E-state index in [0.717, 1.165) is 36.0 Å². The van der Waals surface area contributed by atoms with Crippen LogP contribution in [0.15, 0.2) is 0 Å². The van der Waals surface area contributed by atoms with E-state index >= 15 is 0 Å². The van der Waals surface area contributed by atoms with Crippen LogP contribution in [0.4, 0.5) is 0 Å². The van der Waals surface area contributed by atoms with Gasteiger partial charge >= 0.3 is 0 Å². The van der Waals surface area contributed by atoms with Gasteiger partial charge in [0.15, 0.2) is 0 Å². The van der Waals surface area contributed by atoms with Crippen LogP contribution in [0, 0.1) is 40.9 Å². The molecule has 0 aromatic rings. The molecule has 4 saturated carbocycles. The first-order valence-electron chi connectivity index (χ1n) is 9.14. The molecular formula is C19H30O. The van der Waals surface area contributed by atoms with Gasteiger partial charge in [0, 0.05) is 12.3 Å². The average Bonchev–Trinajstić information content (AvgIpc) is 2.74. The summed E-state index contributed by atoms with van der Waals surface area (Å²) < 4.78 is 0. The van der Waals surface area contributed by atoms with Crippen LogP contribution in [0.2, 0.25) is 0 Å². The molecule has 0 amide bonds. The van der Waals surface area contributed by atoms with Crippen molar-refractivity contribution in [3.05, 3.63) is 0 Å². The van der Waals surface area contributed by atoms with Gasteiger partial charge in [-0.15, -0.1) is 0 Å². The third-order valence-electron chi connectivity index (χ3n) is 8.16. The van der Waals surface area contributed by atoms with Crippen LogP contribution >= 0.6 is 0 Å². The third kappa shape index (κ3) is 1.70. The fraction of sp³-hybridized carbons (Fsp3) is 0.947. The van der Waals surface area contributed by atoms with Gasteiger partial charge in [-0.3, -0.25) is 4.79 Å². The summed E-state index contributed by atoms with van der Waals surface area (Å²) in [4.78, 5) is 12.2. The minimum absolute atomic E-state index is 0.373. The topological polar surface area (TPSA) is 17.1 Å². The van der Waals surface area contributed by atoms with E-state index in [1.807, 2.05) is 0 Å². The molecule has 0 bridgehead atoms. The number of hydrogen-bond donors (Lipinski definition) is 0. The molecule has 0 radical (unpaired) electrons. The summed E-state index contributed by atoms with van der Waals surface area (Å²) in [6.07, 6.45) is 12.5. The highest BCUT2D eigenvalue weighted by molar-refractivity contribution is 5.83. The smallest absolute Gasteiger partial charge is 0.136 e. The highest BCUT2D eigenvalue weighted by Gasteiger charge is 2.56. The Morgan fingerprint density at radius 2 is 1.75 bits per heavy atom. The normalized spacial score (nSPS) is 55.0. The van der Waals surface area contributed by atoms with Gasteiger partial charge in [0.25, 0.3) is 0 Å². The van der Waals surface area contributed by atoms with Gasteiger partial charge in [0.1, 0.15) is 5.78 Å². The lowest BCUT2D eigenvalue weighted by Gasteiger charge is -2.58. The fourth-order valence-electron chi connectivity index (χ4n) is 7.02. The maximum atomic E-state index is 12.2. The zero-order valence-corrected chi connectivity index (χ0v) is 13.2. The van der Waals surface area contributed by atoms with Crippen LogP contribution in [0.3, 0.4) is 0 Å². The zero-order chi connectivity index (χ0) is 13.9. The lowest BCUT2D eigenvalue weighted by Crippen LogP contribution is -2.50. The highest BCUT2D eigenvalue weighted by atomic mass is 16.1. The summed E-state index contributed by atoms with van der Waals surface area (Å²) in [6, 6.07) is 0. The first kappa shape index (κ1) is 13.3. The second kappa shape index (κ2) is 4.58. The van der Waals surface area contributed by atoms with E-state index < -0.39 is 0 Å². The number of carbonyl (C=O) groups is 1. The van der Waals surface area contributed by atoms with E-state index in [0.29, 0.717) is 17.1 Å². The number of fused-ring (bicyclic) bond motifs is 5. The van der Waals surface area contributed by atoms with Crippen molar-refractivity contribution in [1.82, 2.24) is 0 Å². The van der Waals surface area contributed by atoms with Gasteiger partial charge in [-0.25, -0.2) is 0 Å². The van der Waals surface area contributed by atoms with Gasteiger partial charge in [-0.2, -0.15) is 0 Å². The Balaban J connectivity index is 1.62. The molecule has 0 spiro atoms. The molecule has 0 saturated heterocycles. The first-order chi connectivity index (χ1) is 9.61. The first-order valence-corrected chi connectivity index (χ1v) is 9.14. The zero-order valence-electron chi connectivity index (χ0n) is 13.2. The molecule has 112 valence electrons. The molecule has 1 nitrogen and oxygen atoms in total. The van der Waals surface area contributed by atoms with Crippen LogP contribution in [0.25, 0.3) is 0 Å². The van der Waals surface area contributed by atoms with Crippen molar-refractivity contribution in [1.29, 1.82) is 0 Å². The molecule has 0 aliphatic heterocycles. The number of rotatable bonds is 0. The Labute approximate surface area is 123 Å². The van der Waals surface area contributed by atoms with Crippen molar-refractivity contribution in [2.75, 3.05) is 0 Å². The number of ketones is 1. The molecule has 20 heavy (non-hydrogen) atoms. The largest absolute Gasteiger partial charge is 0.299 e. The number of carbonyl (C=O) groups excluding carboxylic acids is 1. The molecule has 0 aromatic heterocycles. The van der Waals surface area contributed by atoms with Crippen molar-refractivity contribution in [3.63, 3.8) is 0 Å². The maximum absolute atomic E-state index is 12.2. The fourth-order valence-corrected chi connectivity index (χ4v) is 7.02. The van der Waals surface area contributed by atoms with Crippen molar-refractivity contribution < 1.29 is 4.79 Å². The van der Waals surface area contributed by atoms with E-state index in [2.05, 4.69) is 13.8 Å². The summed E-state index contributed by atoms with van der Waals surface area (Å²) >= 11 is 0. The van der Waals surface area contributed by atoms with E-state index in [4.69, 9.17) is 0 Å². The van der Waals surface area contributed by atoms with Crippen molar-refractivity contribution >= 4 is 5.78 Å². The Hall–Kier alpha value is -0.330. The lowest BCUT2D eigenvalue weighted by molar-refractivity contribution is -0.120. The second-order valence-corrected chi connectivity index (χ2v) is 8.66. The summed E-state index contributed by atoms with van der Waals surface area (Å²) in [5.41, 5.74) is 0.626. The number of Topliss-reactive ketones (excluding diaryl/α,β-unsaturated/α-hetero) is 1. The Morgan fingerprint density at radius 1 is 0.950 bits per heavy atom. The predicted octanol–water partition coefficient (Wildman–Crippen LogP) is 4.84. The van der Waals surface area contributed by atoms with Crippen molar-refractivity contribution in [3.8, 4) is 0 Å². The Morgan fingerprint density at radius 3 is 2.60 bits per heavy atom. The number of hydrogen-bond acceptors (Lipinski definition) is 1.